The van der Waals surface area contributed by atoms with Crippen LogP contribution in [0.15, 0.2) is 6.07 Å². The molecule has 6 heteroatoms. The molecule has 2 heterocycles. The lowest BCUT2D eigenvalue weighted by atomic mass is 10.3. The molecule has 0 bridgehead atoms. The number of nitrogen functional groups attached to an aromatic ring is 1. The van der Waals surface area contributed by atoms with Crippen molar-refractivity contribution in [1.29, 1.82) is 0 Å². The van der Waals surface area contributed by atoms with Crippen molar-refractivity contribution in [1.82, 2.24) is 9.88 Å². The van der Waals surface area contributed by atoms with Crippen molar-refractivity contribution < 1.29 is 8.78 Å². The Labute approximate surface area is 105 Å². The number of hydrogen-bond acceptors (Lipinski definition) is 4. The van der Waals surface area contributed by atoms with Crippen molar-refractivity contribution in [3.63, 3.8) is 0 Å². The van der Waals surface area contributed by atoms with E-state index in [0.717, 1.165) is 25.7 Å². The third kappa shape index (κ3) is 3.07. The maximum atomic E-state index is 13.5. The van der Waals surface area contributed by atoms with E-state index in [1.807, 2.05) is 6.92 Å². The smallest absolute Gasteiger partial charge is 0.168 e. The average molecular weight is 256 g/mol. The van der Waals surface area contributed by atoms with Crippen LogP contribution in [-0.2, 0) is 0 Å². The minimum absolute atomic E-state index is 0.0144. The lowest BCUT2D eigenvalue weighted by Gasteiger charge is -2.21. The van der Waals surface area contributed by atoms with Crippen LogP contribution in [-0.4, -0.2) is 35.6 Å². The van der Waals surface area contributed by atoms with E-state index in [4.69, 9.17) is 5.73 Å². The second-order valence-corrected chi connectivity index (χ2v) is 4.74. The van der Waals surface area contributed by atoms with E-state index in [9.17, 15) is 8.78 Å². The number of halogens is 2. The van der Waals surface area contributed by atoms with Crippen molar-refractivity contribution in [2.24, 2.45) is 0 Å². The molecule has 1 unspecified atom stereocenters. The van der Waals surface area contributed by atoms with E-state index >= 15 is 0 Å². The first-order valence-electron chi connectivity index (χ1n) is 6.16. The van der Waals surface area contributed by atoms with Crippen molar-refractivity contribution in [2.45, 2.75) is 25.8 Å². The highest BCUT2D eigenvalue weighted by atomic mass is 19.1. The Hall–Kier alpha value is -1.43. The minimum Gasteiger partial charge on any atom is -0.381 e. The van der Waals surface area contributed by atoms with E-state index < -0.39 is 11.6 Å². The van der Waals surface area contributed by atoms with Crippen LogP contribution in [0.1, 0.15) is 19.8 Å². The molecule has 0 saturated carbocycles. The van der Waals surface area contributed by atoms with Crippen LogP contribution in [0.4, 0.5) is 20.4 Å². The molecule has 18 heavy (non-hydrogen) atoms. The fourth-order valence-electron chi connectivity index (χ4n) is 2.21. The predicted octanol–water partition coefficient (Wildman–Crippen LogP) is 1.84. The molecule has 1 aromatic rings. The summed E-state index contributed by atoms with van der Waals surface area (Å²) in [5, 5.41) is 2.93. The van der Waals surface area contributed by atoms with Gasteiger partial charge in [-0.1, -0.05) is 0 Å². The zero-order chi connectivity index (χ0) is 13.1. The molecule has 1 fully saturated rings. The molecule has 0 aliphatic carbocycles. The number of rotatable bonds is 4. The first kappa shape index (κ1) is 13.0. The monoisotopic (exact) mass is 256 g/mol. The van der Waals surface area contributed by atoms with Crippen LogP contribution < -0.4 is 11.1 Å². The van der Waals surface area contributed by atoms with Crippen molar-refractivity contribution in [3.05, 3.63) is 17.7 Å². The molecule has 3 N–H and O–H groups in total. The molecule has 1 saturated heterocycles. The van der Waals surface area contributed by atoms with Gasteiger partial charge in [0.25, 0.3) is 0 Å². The van der Waals surface area contributed by atoms with Gasteiger partial charge in [-0.2, -0.15) is 0 Å². The summed E-state index contributed by atoms with van der Waals surface area (Å²) in [6.45, 7) is 4.92. The quantitative estimate of drug-likeness (QED) is 0.863. The predicted molar refractivity (Wildman–Crippen MR) is 67.3 cm³/mol. The molecule has 1 aliphatic rings. The Morgan fingerprint density at radius 2 is 2.06 bits per heavy atom. The Morgan fingerprint density at radius 1 is 1.39 bits per heavy atom. The molecule has 1 aliphatic heterocycles. The lowest BCUT2D eigenvalue weighted by Crippen LogP contribution is -2.33. The molecule has 1 aromatic heterocycles. The van der Waals surface area contributed by atoms with Crippen LogP contribution in [0.25, 0.3) is 0 Å². The van der Waals surface area contributed by atoms with Crippen LogP contribution in [0.3, 0.4) is 0 Å². The van der Waals surface area contributed by atoms with Gasteiger partial charge in [0.1, 0.15) is 0 Å². The average Bonchev–Trinajstić information content (AvgIpc) is 2.78. The van der Waals surface area contributed by atoms with Crippen LogP contribution in [0, 0.1) is 11.6 Å². The fraction of sp³-hybridized carbons (Fsp3) is 0.583. The highest BCUT2D eigenvalue weighted by molar-refractivity contribution is 5.45. The van der Waals surface area contributed by atoms with E-state index in [0.29, 0.717) is 0 Å². The second-order valence-electron chi connectivity index (χ2n) is 4.74. The van der Waals surface area contributed by atoms with E-state index in [2.05, 4.69) is 15.2 Å². The topological polar surface area (TPSA) is 54.2 Å². The zero-order valence-corrected chi connectivity index (χ0v) is 10.4. The maximum absolute atomic E-state index is 13.5. The van der Waals surface area contributed by atoms with E-state index in [-0.39, 0.29) is 17.7 Å². The molecule has 0 spiro atoms. The Kier molecular flexibility index (Phi) is 3.96. The van der Waals surface area contributed by atoms with Gasteiger partial charge < -0.3 is 16.0 Å². The van der Waals surface area contributed by atoms with E-state index in [1.54, 1.807) is 0 Å². The summed E-state index contributed by atoms with van der Waals surface area (Å²) in [6, 6.07) is 0.794. The number of anilines is 2. The van der Waals surface area contributed by atoms with Gasteiger partial charge in [-0.05, 0) is 32.9 Å². The van der Waals surface area contributed by atoms with Crippen LogP contribution >= 0.6 is 0 Å². The third-order valence-corrected chi connectivity index (χ3v) is 3.07. The first-order chi connectivity index (χ1) is 8.56. The van der Waals surface area contributed by atoms with Gasteiger partial charge in [-0.15, -0.1) is 0 Å². The maximum Gasteiger partial charge on any atom is 0.168 e. The molecule has 1 atom stereocenters. The highest BCUT2D eigenvalue weighted by Gasteiger charge is 2.16. The van der Waals surface area contributed by atoms with Gasteiger partial charge in [-0.25, -0.2) is 13.8 Å². The molecule has 0 aromatic carbocycles. The normalized spacial score (nSPS) is 17.9. The number of pyridine rings is 1. The van der Waals surface area contributed by atoms with Gasteiger partial charge in [0, 0.05) is 18.7 Å². The number of aromatic nitrogens is 1. The summed E-state index contributed by atoms with van der Waals surface area (Å²) in [7, 11) is 0. The van der Waals surface area contributed by atoms with Gasteiger partial charge in [0.2, 0.25) is 0 Å². The molecule has 4 nitrogen and oxygen atoms in total. The molecular weight excluding hydrogens is 238 g/mol. The van der Waals surface area contributed by atoms with Gasteiger partial charge >= 0.3 is 0 Å². The standard InChI is InChI=1S/C12H18F2N4/c1-8(7-18-4-2-3-5-18)16-12-10(14)6-9(13)11(15)17-12/h6,8H,2-5,7H2,1H3,(H3,15,16,17). The van der Waals surface area contributed by atoms with Crippen LogP contribution in [0.5, 0.6) is 0 Å². The molecule has 2 rings (SSSR count). The Morgan fingerprint density at radius 3 is 2.72 bits per heavy atom. The molecule has 0 amide bonds. The highest BCUT2D eigenvalue weighted by Crippen LogP contribution is 2.18. The summed E-state index contributed by atoms with van der Waals surface area (Å²) in [6.07, 6.45) is 2.42. The molecule has 100 valence electrons. The summed E-state index contributed by atoms with van der Waals surface area (Å²) in [4.78, 5) is 5.99. The summed E-state index contributed by atoms with van der Waals surface area (Å²) in [5.74, 6) is -1.81. The number of nitrogens with zero attached hydrogens (tertiary/aromatic N) is 2. The summed E-state index contributed by atoms with van der Waals surface area (Å²) < 4.78 is 26.4. The number of likely N-dealkylation sites (tertiary alicyclic amines) is 1. The molecular formula is C12H18F2N4. The number of hydrogen-bond donors (Lipinski definition) is 2. The van der Waals surface area contributed by atoms with Gasteiger partial charge in [0.05, 0.1) is 0 Å². The lowest BCUT2D eigenvalue weighted by molar-refractivity contribution is 0.327. The third-order valence-electron chi connectivity index (χ3n) is 3.07. The SMILES string of the molecule is CC(CN1CCCC1)Nc1nc(N)c(F)cc1F. The Balaban J connectivity index is 1.97. The second kappa shape index (κ2) is 5.48. The number of nitrogens with one attached hydrogen (secondary N) is 1. The van der Waals surface area contributed by atoms with E-state index in [1.165, 1.54) is 12.8 Å². The first-order valence-corrected chi connectivity index (χ1v) is 6.16. The van der Waals surface area contributed by atoms with Crippen LogP contribution in [0.2, 0.25) is 0 Å². The summed E-state index contributed by atoms with van der Waals surface area (Å²) >= 11 is 0. The van der Waals surface area contributed by atoms with Gasteiger partial charge in [0.15, 0.2) is 23.3 Å². The summed E-state index contributed by atoms with van der Waals surface area (Å²) in [5.41, 5.74) is 5.33. The number of nitrogens with two attached hydrogens (primary N) is 1. The fourth-order valence-corrected chi connectivity index (χ4v) is 2.21. The zero-order valence-electron chi connectivity index (χ0n) is 10.4. The van der Waals surface area contributed by atoms with Crippen molar-refractivity contribution in [3.8, 4) is 0 Å². The van der Waals surface area contributed by atoms with Crippen molar-refractivity contribution in [2.75, 3.05) is 30.7 Å². The molecule has 0 radical (unpaired) electrons. The minimum atomic E-state index is -0.828. The Bertz CT molecular complexity index is 419. The van der Waals surface area contributed by atoms with Crippen molar-refractivity contribution >= 4 is 11.6 Å². The largest absolute Gasteiger partial charge is 0.381 e. The van der Waals surface area contributed by atoms with Gasteiger partial charge in [-0.3, -0.25) is 0 Å².